The minimum atomic E-state index is -0.264. The Morgan fingerprint density at radius 3 is 2.33 bits per heavy atom. The van der Waals surface area contributed by atoms with Gasteiger partial charge in [0.15, 0.2) is 0 Å². The highest BCUT2D eigenvalue weighted by atomic mass is 35.5. The molecule has 3 amide bonds. The van der Waals surface area contributed by atoms with Gasteiger partial charge in [0.2, 0.25) is 0 Å². The van der Waals surface area contributed by atoms with Crippen LogP contribution >= 0.6 is 12.4 Å². The second kappa shape index (κ2) is 10.0. The predicted octanol–water partition coefficient (Wildman–Crippen LogP) is 1.72. The molecule has 1 aromatic rings. The molecule has 21 heavy (non-hydrogen) atoms. The number of anilines is 1. The first-order valence-corrected chi connectivity index (χ1v) is 6.68. The number of carbonyl (C=O) groups is 2. The molecule has 0 unspecified atom stereocenters. The van der Waals surface area contributed by atoms with E-state index in [2.05, 4.69) is 16.0 Å². The van der Waals surface area contributed by atoms with Crippen LogP contribution in [0, 0.1) is 0 Å². The SMILES string of the molecule is CC(C)NC(=O)Nc1ccc(C(=O)NCCCN)cc1.Cl. The normalized spacial score (nSPS) is 9.71. The van der Waals surface area contributed by atoms with Gasteiger partial charge in [-0.3, -0.25) is 4.79 Å². The Hall–Kier alpha value is -1.79. The van der Waals surface area contributed by atoms with E-state index in [1.807, 2.05) is 13.8 Å². The van der Waals surface area contributed by atoms with Gasteiger partial charge >= 0.3 is 6.03 Å². The first-order valence-electron chi connectivity index (χ1n) is 6.68. The molecule has 0 aliphatic heterocycles. The number of urea groups is 1. The average molecular weight is 315 g/mol. The van der Waals surface area contributed by atoms with Crippen LogP contribution in [0.2, 0.25) is 0 Å². The summed E-state index contributed by atoms with van der Waals surface area (Å²) in [5.41, 5.74) is 6.55. The third-order valence-corrected chi connectivity index (χ3v) is 2.49. The molecule has 0 saturated carbocycles. The molecule has 0 bridgehead atoms. The number of hydrogen-bond acceptors (Lipinski definition) is 3. The Morgan fingerprint density at radius 1 is 1.19 bits per heavy atom. The highest BCUT2D eigenvalue weighted by molar-refractivity contribution is 5.95. The lowest BCUT2D eigenvalue weighted by Crippen LogP contribution is -2.34. The summed E-state index contributed by atoms with van der Waals surface area (Å²) in [5, 5.41) is 8.18. The fourth-order valence-corrected chi connectivity index (χ4v) is 1.54. The van der Waals surface area contributed by atoms with Gasteiger partial charge in [0, 0.05) is 23.8 Å². The van der Waals surface area contributed by atoms with E-state index in [1.165, 1.54) is 0 Å². The third kappa shape index (κ3) is 7.53. The lowest BCUT2D eigenvalue weighted by molar-refractivity contribution is 0.0953. The van der Waals surface area contributed by atoms with E-state index in [0.717, 1.165) is 6.42 Å². The molecule has 1 rings (SSSR count). The van der Waals surface area contributed by atoms with Crippen molar-refractivity contribution in [3.63, 3.8) is 0 Å². The average Bonchev–Trinajstić information content (AvgIpc) is 2.38. The van der Waals surface area contributed by atoms with Gasteiger partial charge in [0.25, 0.3) is 5.91 Å². The number of rotatable bonds is 6. The van der Waals surface area contributed by atoms with Gasteiger partial charge in [-0.2, -0.15) is 0 Å². The Balaban J connectivity index is 0.00000400. The molecule has 0 aliphatic rings. The number of nitrogens with two attached hydrogens (primary N) is 1. The minimum absolute atomic E-state index is 0. The summed E-state index contributed by atoms with van der Waals surface area (Å²) in [6, 6.07) is 6.53. The fourth-order valence-electron chi connectivity index (χ4n) is 1.54. The van der Waals surface area contributed by atoms with Crippen molar-refractivity contribution in [2.75, 3.05) is 18.4 Å². The van der Waals surface area contributed by atoms with Crippen LogP contribution < -0.4 is 21.7 Å². The largest absolute Gasteiger partial charge is 0.352 e. The second-order valence-electron chi connectivity index (χ2n) is 4.73. The summed E-state index contributed by atoms with van der Waals surface area (Å²) >= 11 is 0. The van der Waals surface area contributed by atoms with E-state index in [4.69, 9.17) is 5.73 Å². The number of hydrogen-bond donors (Lipinski definition) is 4. The van der Waals surface area contributed by atoms with Crippen molar-refractivity contribution in [2.45, 2.75) is 26.3 Å². The zero-order valence-corrected chi connectivity index (χ0v) is 13.1. The molecule has 1 aromatic carbocycles. The molecule has 5 N–H and O–H groups in total. The fraction of sp³-hybridized carbons (Fsp3) is 0.429. The lowest BCUT2D eigenvalue weighted by atomic mass is 10.2. The number of carbonyl (C=O) groups excluding carboxylic acids is 2. The maximum Gasteiger partial charge on any atom is 0.319 e. The van der Waals surface area contributed by atoms with Crippen LogP contribution in [0.4, 0.5) is 10.5 Å². The molecule has 0 heterocycles. The number of nitrogens with one attached hydrogen (secondary N) is 3. The van der Waals surface area contributed by atoms with Crippen molar-refractivity contribution in [2.24, 2.45) is 5.73 Å². The summed E-state index contributed by atoms with van der Waals surface area (Å²) in [5.74, 6) is -0.142. The quantitative estimate of drug-likeness (QED) is 0.602. The van der Waals surface area contributed by atoms with E-state index < -0.39 is 0 Å². The van der Waals surface area contributed by atoms with Gasteiger partial charge in [-0.1, -0.05) is 0 Å². The highest BCUT2D eigenvalue weighted by Gasteiger charge is 2.06. The maximum atomic E-state index is 11.7. The van der Waals surface area contributed by atoms with Crippen LogP contribution in [0.25, 0.3) is 0 Å². The topological polar surface area (TPSA) is 96.2 Å². The second-order valence-corrected chi connectivity index (χ2v) is 4.73. The number of amides is 3. The molecule has 0 radical (unpaired) electrons. The van der Waals surface area contributed by atoms with E-state index in [-0.39, 0.29) is 30.4 Å². The first-order chi connectivity index (χ1) is 9.52. The Kier molecular flexibility index (Phi) is 9.16. The molecule has 7 heteroatoms. The van der Waals surface area contributed by atoms with Crippen LogP contribution in [-0.4, -0.2) is 31.1 Å². The van der Waals surface area contributed by atoms with Gasteiger partial charge in [0.05, 0.1) is 0 Å². The van der Waals surface area contributed by atoms with Gasteiger partial charge in [-0.15, -0.1) is 12.4 Å². The molecule has 6 nitrogen and oxygen atoms in total. The number of halogens is 1. The summed E-state index contributed by atoms with van der Waals surface area (Å²) in [6.45, 7) is 4.88. The summed E-state index contributed by atoms with van der Waals surface area (Å²) in [4.78, 5) is 23.2. The van der Waals surface area contributed by atoms with Gasteiger partial charge < -0.3 is 21.7 Å². The number of benzene rings is 1. The molecular formula is C14H23ClN4O2. The lowest BCUT2D eigenvalue weighted by Gasteiger charge is -2.10. The van der Waals surface area contributed by atoms with E-state index in [9.17, 15) is 9.59 Å². The van der Waals surface area contributed by atoms with Crippen molar-refractivity contribution in [1.82, 2.24) is 10.6 Å². The molecule has 0 aliphatic carbocycles. The van der Waals surface area contributed by atoms with E-state index in [1.54, 1.807) is 24.3 Å². The van der Waals surface area contributed by atoms with Gasteiger partial charge in [-0.25, -0.2) is 4.79 Å². The molecule has 0 aromatic heterocycles. The van der Waals surface area contributed by atoms with Crippen molar-refractivity contribution < 1.29 is 9.59 Å². The Labute approximate surface area is 131 Å². The van der Waals surface area contributed by atoms with Crippen LogP contribution in [0.15, 0.2) is 24.3 Å². The standard InChI is InChI=1S/C14H22N4O2.ClH/c1-10(2)17-14(20)18-12-6-4-11(5-7-12)13(19)16-9-3-8-15;/h4-7,10H,3,8-9,15H2,1-2H3,(H,16,19)(H2,17,18,20);1H. The molecule has 0 spiro atoms. The molecular weight excluding hydrogens is 292 g/mol. The summed E-state index contributed by atoms with van der Waals surface area (Å²) < 4.78 is 0. The van der Waals surface area contributed by atoms with Crippen molar-refractivity contribution in [3.8, 4) is 0 Å². The minimum Gasteiger partial charge on any atom is -0.352 e. The van der Waals surface area contributed by atoms with Crippen molar-refractivity contribution >= 4 is 30.0 Å². The highest BCUT2D eigenvalue weighted by Crippen LogP contribution is 2.09. The van der Waals surface area contributed by atoms with Gasteiger partial charge in [-0.05, 0) is 51.1 Å². The van der Waals surface area contributed by atoms with E-state index >= 15 is 0 Å². The third-order valence-electron chi connectivity index (χ3n) is 2.49. The van der Waals surface area contributed by atoms with Gasteiger partial charge in [0.1, 0.15) is 0 Å². The van der Waals surface area contributed by atoms with Crippen LogP contribution in [0.5, 0.6) is 0 Å². The van der Waals surface area contributed by atoms with Crippen LogP contribution in [0.3, 0.4) is 0 Å². The Morgan fingerprint density at radius 2 is 1.81 bits per heavy atom. The molecule has 0 fully saturated rings. The molecule has 0 atom stereocenters. The molecule has 118 valence electrons. The predicted molar refractivity (Wildman–Crippen MR) is 87.0 cm³/mol. The van der Waals surface area contributed by atoms with Crippen LogP contribution in [0.1, 0.15) is 30.6 Å². The first kappa shape index (κ1) is 19.2. The van der Waals surface area contributed by atoms with E-state index in [0.29, 0.717) is 24.3 Å². The smallest absolute Gasteiger partial charge is 0.319 e. The zero-order valence-electron chi connectivity index (χ0n) is 12.3. The summed E-state index contributed by atoms with van der Waals surface area (Å²) in [7, 11) is 0. The zero-order chi connectivity index (χ0) is 15.0. The van der Waals surface area contributed by atoms with Crippen molar-refractivity contribution in [1.29, 1.82) is 0 Å². The van der Waals surface area contributed by atoms with Crippen LogP contribution in [-0.2, 0) is 0 Å². The monoisotopic (exact) mass is 314 g/mol. The molecule has 0 saturated heterocycles. The summed E-state index contributed by atoms with van der Waals surface area (Å²) in [6.07, 6.45) is 0.751. The maximum absolute atomic E-state index is 11.7. The van der Waals surface area contributed by atoms with Crippen molar-refractivity contribution in [3.05, 3.63) is 29.8 Å². The Bertz CT molecular complexity index is 449.